The Hall–Kier alpha value is -1.87. The zero-order chi connectivity index (χ0) is 14.5. The molecule has 0 saturated carbocycles. The van der Waals surface area contributed by atoms with Crippen molar-refractivity contribution in [3.05, 3.63) is 48.0 Å². The van der Waals surface area contributed by atoms with Crippen molar-refractivity contribution in [1.29, 1.82) is 0 Å². The largest absolute Gasteiger partial charge is 0.481 e. The SMILES string of the molecule is CC(Cc1cccc2ccccc12)N(C)CCC(=O)O. The van der Waals surface area contributed by atoms with Gasteiger partial charge in [-0.15, -0.1) is 0 Å². The highest BCUT2D eigenvalue weighted by Crippen LogP contribution is 2.20. The molecule has 0 aliphatic rings. The first-order valence-electron chi connectivity index (χ1n) is 6.96. The fourth-order valence-electron chi connectivity index (χ4n) is 2.44. The van der Waals surface area contributed by atoms with Crippen LogP contribution in [0.5, 0.6) is 0 Å². The van der Waals surface area contributed by atoms with Gasteiger partial charge in [-0.25, -0.2) is 0 Å². The number of aliphatic carboxylic acids is 1. The number of fused-ring (bicyclic) bond motifs is 1. The number of hydrogen-bond acceptors (Lipinski definition) is 2. The van der Waals surface area contributed by atoms with E-state index in [1.54, 1.807) is 0 Å². The second-order valence-electron chi connectivity index (χ2n) is 5.32. The van der Waals surface area contributed by atoms with Crippen molar-refractivity contribution in [1.82, 2.24) is 4.90 Å². The lowest BCUT2D eigenvalue weighted by Gasteiger charge is -2.24. The molecule has 0 amide bonds. The van der Waals surface area contributed by atoms with Gasteiger partial charge in [-0.1, -0.05) is 42.5 Å². The molecule has 3 nitrogen and oxygen atoms in total. The second-order valence-corrected chi connectivity index (χ2v) is 5.32. The van der Waals surface area contributed by atoms with Gasteiger partial charge in [0.2, 0.25) is 0 Å². The molecule has 2 rings (SSSR count). The van der Waals surface area contributed by atoms with Crippen molar-refractivity contribution < 1.29 is 9.90 Å². The van der Waals surface area contributed by atoms with Crippen LogP contribution in [0.4, 0.5) is 0 Å². The van der Waals surface area contributed by atoms with E-state index in [9.17, 15) is 4.79 Å². The second kappa shape index (κ2) is 6.53. The number of carbonyl (C=O) groups is 1. The van der Waals surface area contributed by atoms with E-state index in [1.165, 1.54) is 16.3 Å². The van der Waals surface area contributed by atoms with Gasteiger partial charge in [0.1, 0.15) is 0 Å². The summed E-state index contributed by atoms with van der Waals surface area (Å²) in [5.41, 5.74) is 1.32. The van der Waals surface area contributed by atoms with E-state index in [0.29, 0.717) is 12.6 Å². The predicted molar refractivity (Wildman–Crippen MR) is 82.0 cm³/mol. The highest BCUT2D eigenvalue weighted by molar-refractivity contribution is 5.85. The van der Waals surface area contributed by atoms with E-state index in [4.69, 9.17) is 5.11 Å². The highest BCUT2D eigenvalue weighted by Gasteiger charge is 2.12. The molecule has 0 saturated heterocycles. The standard InChI is InChI=1S/C17H21NO2/c1-13(18(2)11-10-17(19)20)12-15-8-5-7-14-6-3-4-9-16(14)15/h3-9,13H,10-12H2,1-2H3,(H,19,20). The van der Waals surface area contributed by atoms with Crippen LogP contribution in [0, 0.1) is 0 Å². The summed E-state index contributed by atoms with van der Waals surface area (Å²) in [6, 6.07) is 15.1. The Morgan fingerprint density at radius 1 is 1.20 bits per heavy atom. The zero-order valence-electron chi connectivity index (χ0n) is 12.0. The van der Waals surface area contributed by atoms with Crippen LogP contribution in [0.3, 0.4) is 0 Å². The van der Waals surface area contributed by atoms with Crippen LogP contribution in [0.25, 0.3) is 10.8 Å². The molecule has 0 spiro atoms. The van der Waals surface area contributed by atoms with Crippen LogP contribution in [0.1, 0.15) is 18.9 Å². The minimum atomic E-state index is -0.741. The third-order valence-corrected chi connectivity index (χ3v) is 3.83. The topological polar surface area (TPSA) is 40.5 Å². The Morgan fingerprint density at radius 2 is 1.90 bits per heavy atom. The lowest BCUT2D eigenvalue weighted by atomic mass is 9.99. The maximum absolute atomic E-state index is 10.6. The van der Waals surface area contributed by atoms with E-state index in [-0.39, 0.29) is 6.42 Å². The Bertz CT molecular complexity index is 589. The van der Waals surface area contributed by atoms with Crippen LogP contribution < -0.4 is 0 Å². The molecular formula is C17H21NO2. The van der Waals surface area contributed by atoms with E-state index in [2.05, 4.69) is 54.3 Å². The summed E-state index contributed by atoms with van der Waals surface area (Å²) in [7, 11) is 1.98. The molecule has 2 aromatic carbocycles. The van der Waals surface area contributed by atoms with Crippen molar-refractivity contribution in [3.63, 3.8) is 0 Å². The van der Waals surface area contributed by atoms with Gasteiger partial charge < -0.3 is 10.0 Å². The van der Waals surface area contributed by atoms with E-state index < -0.39 is 5.97 Å². The third-order valence-electron chi connectivity index (χ3n) is 3.83. The van der Waals surface area contributed by atoms with Crippen LogP contribution in [0.15, 0.2) is 42.5 Å². The molecule has 20 heavy (non-hydrogen) atoms. The van der Waals surface area contributed by atoms with Crippen LogP contribution >= 0.6 is 0 Å². The lowest BCUT2D eigenvalue weighted by molar-refractivity contribution is -0.137. The van der Waals surface area contributed by atoms with Crippen LogP contribution in [-0.2, 0) is 11.2 Å². The van der Waals surface area contributed by atoms with Crippen molar-refractivity contribution in [2.45, 2.75) is 25.8 Å². The third kappa shape index (κ3) is 3.58. The molecule has 0 aromatic heterocycles. The van der Waals surface area contributed by atoms with Gasteiger partial charge in [-0.3, -0.25) is 4.79 Å². The summed E-state index contributed by atoms with van der Waals surface area (Å²) in [4.78, 5) is 12.7. The fourth-order valence-corrected chi connectivity index (χ4v) is 2.44. The van der Waals surface area contributed by atoms with Crippen molar-refractivity contribution >= 4 is 16.7 Å². The first kappa shape index (κ1) is 14.5. The van der Waals surface area contributed by atoms with Gasteiger partial charge in [0.25, 0.3) is 0 Å². The number of likely N-dealkylation sites (N-methyl/N-ethyl adjacent to an activating group) is 1. The molecule has 0 aliphatic carbocycles. The fraction of sp³-hybridized carbons (Fsp3) is 0.353. The van der Waals surface area contributed by atoms with Crippen LogP contribution in [0.2, 0.25) is 0 Å². The minimum Gasteiger partial charge on any atom is -0.481 e. The number of nitrogens with zero attached hydrogens (tertiary/aromatic N) is 1. The van der Waals surface area contributed by atoms with Crippen molar-refractivity contribution in [2.24, 2.45) is 0 Å². The Morgan fingerprint density at radius 3 is 2.65 bits per heavy atom. The smallest absolute Gasteiger partial charge is 0.304 e. The molecule has 2 aromatic rings. The molecule has 106 valence electrons. The number of benzene rings is 2. The molecule has 0 radical (unpaired) electrons. The Kier molecular flexibility index (Phi) is 4.74. The molecule has 0 fully saturated rings. The maximum atomic E-state index is 10.6. The van der Waals surface area contributed by atoms with Crippen molar-refractivity contribution in [2.75, 3.05) is 13.6 Å². The van der Waals surface area contributed by atoms with E-state index in [1.807, 2.05) is 7.05 Å². The van der Waals surface area contributed by atoms with Gasteiger partial charge in [0.05, 0.1) is 6.42 Å². The van der Waals surface area contributed by atoms with Gasteiger partial charge in [-0.2, -0.15) is 0 Å². The molecule has 1 unspecified atom stereocenters. The molecule has 3 heteroatoms. The Balaban J connectivity index is 2.09. The van der Waals surface area contributed by atoms with Gasteiger partial charge in [-0.05, 0) is 36.7 Å². The predicted octanol–water partition coefficient (Wildman–Crippen LogP) is 3.18. The average Bonchev–Trinajstić information content (AvgIpc) is 2.45. The van der Waals surface area contributed by atoms with Gasteiger partial charge in [0.15, 0.2) is 0 Å². The molecular weight excluding hydrogens is 250 g/mol. The number of carboxylic acids is 1. The Labute approximate surface area is 119 Å². The quantitative estimate of drug-likeness (QED) is 0.877. The molecule has 0 aliphatic heterocycles. The van der Waals surface area contributed by atoms with Gasteiger partial charge >= 0.3 is 5.97 Å². The molecule has 0 bridgehead atoms. The van der Waals surface area contributed by atoms with Crippen molar-refractivity contribution in [3.8, 4) is 0 Å². The minimum absolute atomic E-state index is 0.191. The van der Waals surface area contributed by atoms with E-state index >= 15 is 0 Å². The number of hydrogen-bond donors (Lipinski definition) is 1. The summed E-state index contributed by atoms with van der Waals surface area (Å²) in [5, 5.41) is 11.3. The summed E-state index contributed by atoms with van der Waals surface area (Å²) < 4.78 is 0. The maximum Gasteiger partial charge on any atom is 0.304 e. The van der Waals surface area contributed by atoms with Gasteiger partial charge in [0, 0.05) is 12.6 Å². The molecule has 1 N–H and O–H groups in total. The molecule has 1 atom stereocenters. The lowest BCUT2D eigenvalue weighted by Crippen LogP contribution is -2.32. The zero-order valence-corrected chi connectivity index (χ0v) is 12.0. The highest BCUT2D eigenvalue weighted by atomic mass is 16.4. The number of carboxylic acid groups (broad SMARTS) is 1. The van der Waals surface area contributed by atoms with E-state index in [0.717, 1.165) is 6.42 Å². The summed E-state index contributed by atoms with van der Waals surface area (Å²) in [6.07, 6.45) is 1.12. The first-order chi connectivity index (χ1) is 9.58. The molecule has 0 heterocycles. The first-order valence-corrected chi connectivity index (χ1v) is 6.96. The summed E-state index contributed by atoms with van der Waals surface area (Å²) in [5.74, 6) is -0.741. The summed E-state index contributed by atoms with van der Waals surface area (Å²) >= 11 is 0. The normalized spacial score (nSPS) is 12.8. The number of rotatable bonds is 6. The average molecular weight is 271 g/mol. The monoisotopic (exact) mass is 271 g/mol. The van der Waals surface area contributed by atoms with Crippen LogP contribution in [-0.4, -0.2) is 35.6 Å². The summed E-state index contributed by atoms with van der Waals surface area (Å²) in [6.45, 7) is 2.73.